The van der Waals surface area contributed by atoms with Crippen molar-refractivity contribution in [3.8, 4) is 0 Å². The number of thiophene rings is 1. The third-order valence-corrected chi connectivity index (χ3v) is 6.40. The van der Waals surface area contributed by atoms with E-state index in [-0.39, 0.29) is 23.8 Å². The van der Waals surface area contributed by atoms with Gasteiger partial charge >= 0.3 is 5.69 Å². The van der Waals surface area contributed by atoms with Gasteiger partial charge in [-0.05, 0) is 47.9 Å². The van der Waals surface area contributed by atoms with Crippen LogP contribution in [0.3, 0.4) is 0 Å². The smallest absolute Gasteiger partial charge is 0.352 e. The fourth-order valence-electron chi connectivity index (χ4n) is 3.52. The average Bonchev–Trinajstić information content (AvgIpc) is 3.35. The molecule has 3 aromatic heterocycles. The van der Waals surface area contributed by atoms with Crippen LogP contribution >= 0.6 is 22.9 Å². The molecule has 0 saturated carbocycles. The van der Waals surface area contributed by atoms with Crippen LogP contribution in [-0.4, -0.2) is 31.2 Å². The number of halogens is 1. The number of nitrogens with zero attached hydrogens (tertiary/aromatic N) is 4. The number of benzene rings is 1. The minimum atomic E-state index is -0.436. The quantitative estimate of drug-likeness (QED) is 0.426. The van der Waals surface area contributed by atoms with E-state index in [2.05, 4.69) is 24.3 Å². The molecule has 4 rings (SSSR count). The van der Waals surface area contributed by atoms with Gasteiger partial charge in [0.15, 0.2) is 0 Å². The number of carbonyl (C=O) groups excluding carboxylic acids is 1. The van der Waals surface area contributed by atoms with E-state index >= 15 is 0 Å². The first-order valence-corrected chi connectivity index (χ1v) is 11.7. The van der Waals surface area contributed by atoms with E-state index < -0.39 is 5.69 Å². The van der Waals surface area contributed by atoms with Crippen molar-refractivity contribution < 1.29 is 4.79 Å². The summed E-state index contributed by atoms with van der Waals surface area (Å²) in [7, 11) is 0. The summed E-state index contributed by atoms with van der Waals surface area (Å²) in [6.07, 6.45) is 1.42. The summed E-state index contributed by atoms with van der Waals surface area (Å²) >= 11 is 7.19. The number of fused-ring (bicyclic) bond motifs is 3. The molecule has 0 unspecified atom stereocenters. The summed E-state index contributed by atoms with van der Waals surface area (Å²) in [5.74, 6) is 0.337. The Labute approximate surface area is 193 Å². The fraction of sp³-hybridized carbons (Fsp3) is 0.364. The highest BCUT2D eigenvalue weighted by Gasteiger charge is 2.19. The molecule has 0 bridgehead atoms. The number of rotatable bonds is 8. The molecule has 0 spiro atoms. The minimum Gasteiger partial charge on any atom is -0.354 e. The molecule has 8 nitrogen and oxygen atoms in total. The van der Waals surface area contributed by atoms with Crippen molar-refractivity contribution in [1.29, 1.82) is 0 Å². The van der Waals surface area contributed by atoms with Crippen LogP contribution < -0.4 is 16.6 Å². The molecule has 1 amide bonds. The Morgan fingerprint density at radius 3 is 2.66 bits per heavy atom. The highest BCUT2D eigenvalue weighted by atomic mass is 35.5. The lowest BCUT2D eigenvalue weighted by molar-refractivity contribution is -0.121. The Balaban J connectivity index is 1.57. The van der Waals surface area contributed by atoms with Gasteiger partial charge in [-0.3, -0.25) is 14.2 Å². The molecule has 3 heterocycles. The number of hydrogen-bond acceptors (Lipinski definition) is 5. The van der Waals surface area contributed by atoms with Gasteiger partial charge in [-0.25, -0.2) is 13.9 Å². The SMILES string of the molecule is CC(C)CCn1c(=O)c2sccc2n2c(=O)n(CC(=O)NCCc3ccc(Cl)cc3)nc12. The summed E-state index contributed by atoms with van der Waals surface area (Å²) in [4.78, 5) is 38.5. The summed E-state index contributed by atoms with van der Waals surface area (Å²) in [6.45, 7) is 4.81. The number of amides is 1. The van der Waals surface area contributed by atoms with Gasteiger partial charge in [-0.2, -0.15) is 0 Å². The van der Waals surface area contributed by atoms with Crippen LogP contribution in [-0.2, 0) is 24.3 Å². The van der Waals surface area contributed by atoms with Crippen LogP contribution in [0.5, 0.6) is 0 Å². The van der Waals surface area contributed by atoms with Crippen molar-refractivity contribution in [2.45, 2.75) is 39.8 Å². The zero-order valence-corrected chi connectivity index (χ0v) is 19.4. The lowest BCUT2D eigenvalue weighted by Crippen LogP contribution is -2.33. The maximum Gasteiger partial charge on any atom is 0.352 e. The molecule has 1 aromatic carbocycles. The van der Waals surface area contributed by atoms with E-state index in [9.17, 15) is 14.4 Å². The molecule has 0 aliphatic carbocycles. The van der Waals surface area contributed by atoms with E-state index in [4.69, 9.17) is 11.6 Å². The summed E-state index contributed by atoms with van der Waals surface area (Å²) in [5.41, 5.74) is 0.978. The fourth-order valence-corrected chi connectivity index (χ4v) is 4.47. The second-order valence-electron chi connectivity index (χ2n) is 8.08. The molecule has 0 radical (unpaired) electrons. The predicted molar refractivity (Wildman–Crippen MR) is 127 cm³/mol. The van der Waals surface area contributed by atoms with Crippen molar-refractivity contribution in [2.24, 2.45) is 5.92 Å². The monoisotopic (exact) mass is 473 g/mol. The Morgan fingerprint density at radius 1 is 1.19 bits per heavy atom. The maximum absolute atomic E-state index is 13.1. The van der Waals surface area contributed by atoms with Crippen LogP contribution in [0.4, 0.5) is 0 Å². The van der Waals surface area contributed by atoms with Crippen LogP contribution in [0.2, 0.25) is 5.02 Å². The molecule has 10 heteroatoms. The van der Waals surface area contributed by atoms with Gasteiger partial charge in [0.2, 0.25) is 11.7 Å². The first-order valence-electron chi connectivity index (χ1n) is 10.5. The molecule has 1 N–H and O–H groups in total. The van der Waals surface area contributed by atoms with Gasteiger partial charge < -0.3 is 5.32 Å². The van der Waals surface area contributed by atoms with Crippen molar-refractivity contribution in [1.82, 2.24) is 24.1 Å². The lowest BCUT2D eigenvalue weighted by Gasteiger charge is -2.09. The van der Waals surface area contributed by atoms with E-state index in [1.54, 1.807) is 23.6 Å². The Hall–Kier alpha value is -2.91. The number of hydrogen-bond donors (Lipinski definition) is 1. The highest BCUT2D eigenvalue weighted by molar-refractivity contribution is 7.17. The molecule has 0 aliphatic heterocycles. The molecular formula is C22H24ClN5O3S. The average molecular weight is 474 g/mol. The van der Waals surface area contributed by atoms with Crippen molar-refractivity contribution in [3.05, 3.63) is 67.1 Å². The molecule has 0 fully saturated rings. The summed E-state index contributed by atoms with van der Waals surface area (Å²) < 4.78 is 4.59. The van der Waals surface area contributed by atoms with Crippen LogP contribution in [0.25, 0.3) is 16.0 Å². The van der Waals surface area contributed by atoms with Gasteiger partial charge in [0, 0.05) is 18.1 Å². The summed E-state index contributed by atoms with van der Waals surface area (Å²) in [5, 5.41) is 9.62. The normalized spacial score (nSPS) is 11.6. The number of aromatic nitrogens is 4. The zero-order chi connectivity index (χ0) is 22.8. The van der Waals surface area contributed by atoms with E-state index in [1.807, 2.05) is 12.1 Å². The maximum atomic E-state index is 13.1. The van der Waals surface area contributed by atoms with Gasteiger partial charge in [0.25, 0.3) is 5.56 Å². The predicted octanol–water partition coefficient (Wildman–Crippen LogP) is 2.93. The Bertz CT molecular complexity index is 1380. The molecule has 0 aliphatic rings. The van der Waals surface area contributed by atoms with Crippen molar-refractivity contribution in [3.63, 3.8) is 0 Å². The van der Waals surface area contributed by atoms with Gasteiger partial charge in [0.05, 0.1) is 5.52 Å². The van der Waals surface area contributed by atoms with E-state index in [0.717, 1.165) is 16.7 Å². The molecule has 0 atom stereocenters. The first kappa shape index (κ1) is 22.3. The largest absolute Gasteiger partial charge is 0.354 e. The summed E-state index contributed by atoms with van der Waals surface area (Å²) in [6, 6.07) is 9.16. The van der Waals surface area contributed by atoms with Crippen LogP contribution in [0, 0.1) is 5.92 Å². The number of nitrogens with one attached hydrogen (secondary N) is 1. The van der Waals surface area contributed by atoms with Crippen LogP contribution in [0.1, 0.15) is 25.8 Å². The topological polar surface area (TPSA) is 90.4 Å². The second kappa shape index (κ2) is 9.30. The van der Waals surface area contributed by atoms with Crippen LogP contribution in [0.15, 0.2) is 45.3 Å². The Morgan fingerprint density at radius 2 is 1.94 bits per heavy atom. The van der Waals surface area contributed by atoms with Gasteiger partial charge in [-0.15, -0.1) is 16.4 Å². The second-order valence-corrected chi connectivity index (χ2v) is 9.43. The highest BCUT2D eigenvalue weighted by Crippen LogP contribution is 2.17. The number of carbonyl (C=O) groups is 1. The van der Waals surface area contributed by atoms with Crippen molar-refractivity contribution in [2.75, 3.05) is 6.54 Å². The Kier molecular flexibility index (Phi) is 6.48. The lowest BCUT2D eigenvalue weighted by atomic mass is 10.1. The first-order chi connectivity index (χ1) is 15.3. The molecule has 168 valence electrons. The molecular weight excluding hydrogens is 450 g/mol. The van der Waals surface area contributed by atoms with Gasteiger partial charge in [-0.1, -0.05) is 37.6 Å². The minimum absolute atomic E-state index is 0.160. The standard InChI is InChI=1S/C22H24ClN5O3S/c1-14(2)8-11-26-20(30)19-17(9-12-32-19)28-21(26)25-27(22(28)31)13-18(29)24-10-7-15-3-5-16(23)6-4-15/h3-6,9,12,14H,7-8,10-11,13H2,1-2H3,(H,24,29). The third-order valence-electron chi connectivity index (χ3n) is 5.26. The molecule has 0 saturated heterocycles. The molecule has 32 heavy (non-hydrogen) atoms. The van der Waals surface area contributed by atoms with E-state index in [0.29, 0.717) is 40.7 Å². The number of aryl methyl sites for hydroxylation is 1. The van der Waals surface area contributed by atoms with Crippen molar-refractivity contribution >= 4 is 44.8 Å². The third kappa shape index (κ3) is 4.49. The van der Waals surface area contributed by atoms with Gasteiger partial charge in [0.1, 0.15) is 11.2 Å². The van der Waals surface area contributed by atoms with E-state index in [1.165, 1.54) is 20.3 Å². The zero-order valence-electron chi connectivity index (χ0n) is 17.9. The molecule has 4 aromatic rings.